The van der Waals surface area contributed by atoms with Gasteiger partial charge in [0.25, 0.3) is 0 Å². The first-order chi connectivity index (χ1) is 7.22. The van der Waals surface area contributed by atoms with Crippen molar-refractivity contribution < 1.29 is 0 Å². The molecule has 0 saturated carbocycles. The highest BCUT2D eigenvalue weighted by molar-refractivity contribution is 5.27. The van der Waals surface area contributed by atoms with Gasteiger partial charge >= 0.3 is 0 Å². The summed E-state index contributed by atoms with van der Waals surface area (Å²) >= 11 is 0. The SMILES string of the molecule is CC(C)c1ncc2c(n1)C(CCN)CC2. The largest absolute Gasteiger partial charge is 0.330 e. The predicted octanol–water partition coefficient (Wildman–Crippen LogP) is 1.98. The van der Waals surface area contributed by atoms with Gasteiger partial charge in [-0.3, -0.25) is 0 Å². The Morgan fingerprint density at radius 2 is 2.33 bits per heavy atom. The summed E-state index contributed by atoms with van der Waals surface area (Å²) in [6, 6.07) is 0. The maximum atomic E-state index is 5.62. The van der Waals surface area contributed by atoms with Crippen molar-refractivity contribution in [1.82, 2.24) is 9.97 Å². The van der Waals surface area contributed by atoms with Crippen molar-refractivity contribution in [2.45, 2.75) is 44.9 Å². The highest BCUT2D eigenvalue weighted by Crippen LogP contribution is 2.33. The molecule has 1 aliphatic rings. The molecule has 82 valence electrons. The second kappa shape index (κ2) is 4.27. The van der Waals surface area contributed by atoms with E-state index >= 15 is 0 Å². The monoisotopic (exact) mass is 205 g/mol. The molecule has 2 rings (SSSR count). The van der Waals surface area contributed by atoms with E-state index in [2.05, 4.69) is 23.8 Å². The zero-order chi connectivity index (χ0) is 10.8. The van der Waals surface area contributed by atoms with E-state index in [1.54, 1.807) is 0 Å². The molecule has 1 aromatic rings. The molecule has 1 atom stereocenters. The molecule has 1 unspecified atom stereocenters. The van der Waals surface area contributed by atoms with E-state index in [1.165, 1.54) is 17.7 Å². The van der Waals surface area contributed by atoms with E-state index in [4.69, 9.17) is 5.73 Å². The lowest BCUT2D eigenvalue weighted by Gasteiger charge is -2.11. The van der Waals surface area contributed by atoms with Crippen molar-refractivity contribution >= 4 is 0 Å². The summed E-state index contributed by atoms with van der Waals surface area (Å²) in [6.07, 6.45) is 5.39. The average Bonchev–Trinajstić information content (AvgIpc) is 2.61. The van der Waals surface area contributed by atoms with Gasteiger partial charge in [0.05, 0.1) is 5.69 Å². The van der Waals surface area contributed by atoms with Crippen LogP contribution in [0, 0.1) is 0 Å². The van der Waals surface area contributed by atoms with Crippen LogP contribution in [0.4, 0.5) is 0 Å². The lowest BCUT2D eigenvalue weighted by molar-refractivity contribution is 0.609. The Morgan fingerprint density at radius 3 is 3.00 bits per heavy atom. The second-order valence-electron chi connectivity index (χ2n) is 4.61. The lowest BCUT2D eigenvalue weighted by atomic mass is 10.0. The van der Waals surface area contributed by atoms with Crippen LogP contribution in [0.3, 0.4) is 0 Å². The van der Waals surface area contributed by atoms with Gasteiger partial charge in [-0.15, -0.1) is 0 Å². The summed E-state index contributed by atoms with van der Waals surface area (Å²) in [4.78, 5) is 9.09. The Balaban J connectivity index is 2.29. The van der Waals surface area contributed by atoms with E-state index in [-0.39, 0.29) is 0 Å². The van der Waals surface area contributed by atoms with Crippen LogP contribution in [0.2, 0.25) is 0 Å². The zero-order valence-electron chi connectivity index (χ0n) is 9.53. The van der Waals surface area contributed by atoms with Gasteiger partial charge in [-0.1, -0.05) is 13.8 Å². The van der Waals surface area contributed by atoms with Crippen molar-refractivity contribution in [2.24, 2.45) is 5.73 Å². The number of aromatic nitrogens is 2. The van der Waals surface area contributed by atoms with Crippen molar-refractivity contribution in [3.05, 3.63) is 23.3 Å². The third kappa shape index (κ3) is 2.02. The molecule has 0 fully saturated rings. The summed E-state index contributed by atoms with van der Waals surface area (Å²) in [5, 5.41) is 0. The van der Waals surface area contributed by atoms with E-state index in [9.17, 15) is 0 Å². The lowest BCUT2D eigenvalue weighted by Crippen LogP contribution is -2.08. The minimum atomic E-state index is 0.412. The Morgan fingerprint density at radius 1 is 1.53 bits per heavy atom. The molecular weight excluding hydrogens is 186 g/mol. The maximum Gasteiger partial charge on any atom is 0.131 e. The number of hydrogen-bond acceptors (Lipinski definition) is 3. The Hall–Kier alpha value is -0.960. The average molecular weight is 205 g/mol. The first kappa shape index (κ1) is 10.6. The second-order valence-corrected chi connectivity index (χ2v) is 4.61. The molecular formula is C12H19N3. The molecule has 1 aliphatic carbocycles. The Labute approximate surface area is 91.1 Å². The minimum Gasteiger partial charge on any atom is -0.330 e. The standard InChI is InChI=1S/C12H19N3/c1-8(2)12-14-7-10-4-3-9(5-6-13)11(10)15-12/h7-9H,3-6,13H2,1-2H3. The highest BCUT2D eigenvalue weighted by Gasteiger charge is 2.24. The smallest absolute Gasteiger partial charge is 0.131 e. The summed E-state index contributed by atoms with van der Waals surface area (Å²) < 4.78 is 0. The van der Waals surface area contributed by atoms with Crippen LogP contribution in [0.25, 0.3) is 0 Å². The fourth-order valence-corrected chi connectivity index (χ4v) is 2.21. The fraction of sp³-hybridized carbons (Fsp3) is 0.667. The van der Waals surface area contributed by atoms with E-state index in [0.717, 1.165) is 25.2 Å². The van der Waals surface area contributed by atoms with Crippen LogP contribution >= 0.6 is 0 Å². The fourth-order valence-electron chi connectivity index (χ4n) is 2.21. The molecule has 0 radical (unpaired) electrons. The molecule has 0 aliphatic heterocycles. The van der Waals surface area contributed by atoms with Crippen molar-refractivity contribution in [1.29, 1.82) is 0 Å². The molecule has 1 heterocycles. The van der Waals surface area contributed by atoms with Crippen LogP contribution in [0.5, 0.6) is 0 Å². The Kier molecular flexibility index (Phi) is 3.00. The van der Waals surface area contributed by atoms with Crippen LogP contribution in [-0.4, -0.2) is 16.5 Å². The van der Waals surface area contributed by atoms with E-state index in [0.29, 0.717) is 11.8 Å². The van der Waals surface area contributed by atoms with Crippen molar-refractivity contribution in [3.63, 3.8) is 0 Å². The van der Waals surface area contributed by atoms with Gasteiger partial charge in [-0.2, -0.15) is 0 Å². The third-order valence-corrected chi connectivity index (χ3v) is 3.10. The minimum absolute atomic E-state index is 0.412. The van der Waals surface area contributed by atoms with Gasteiger partial charge in [0.1, 0.15) is 5.82 Å². The normalized spacial score (nSPS) is 19.6. The van der Waals surface area contributed by atoms with Gasteiger partial charge in [0, 0.05) is 18.0 Å². The molecule has 0 bridgehead atoms. The zero-order valence-corrected chi connectivity index (χ0v) is 9.53. The Bertz CT molecular complexity index is 345. The molecule has 3 nitrogen and oxygen atoms in total. The summed E-state index contributed by atoms with van der Waals surface area (Å²) in [7, 11) is 0. The quantitative estimate of drug-likeness (QED) is 0.821. The molecule has 0 saturated heterocycles. The van der Waals surface area contributed by atoms with Crippen molar-refractivity contribution in [3.8, 4) is 0 Å². The molecule has 0 aromatic carbocycles. The maximum absolute atomic E-state index is 5.62. The molecule has 0 spiro atoms. The number of rotatable bonds is 3. The molecule has 2 N–H and O–H groups in total. The van der Waals surface area contributed by atoms with E-state index < -0.39 is 0 Å². The first-order valence-electron chi connectivity index (χ1n) is 5.78. The van der Waals surface area contributed by atoms with Gasteiger partial charge in [0.2, 0.25) is 0 Å². The van der Waals surface area contributed by atoms with Gasteiger partial charge in [-0.25, -0.2) is 9.97 Å². The van der Waals surface area contributed by atoms with Crippen LogP contribution in [0.15, 0.2) is 6.20 Å². The number of fused-ring (bicyclic) bond motifs is 1. The van der Waals surface area contributed by atoms with Crippen LogP contribution in [0.1, 0.15) is 55.6 Å². The topological polar surface area (TPSA) is 51.8 Å². The van der Waals surface area contributed by atoms with Gasteiger partial charge in [-0.05, 0) is 31.4 Å². The predicted molar refractivity (Wildman–Crippen MR) is 60.9 cm³/mol. The van der Waals surface area contributed by atoms with Crippen molar-refractivity contribution in [2.75, 3.05) is 6.54 Å². The van der Waals surface area contributed by atoms with Crippen LogP contribution < -0.4 is 5.73 Å². The summed E-state index contributed by atoms with van der Waals surface area (Å²) in [5.41, 5.74) is 8.21. The first-order valence-corrected chi connectivity index (χ1v) is 5.78. The number of nitrogens with zero attached hydrogens (tertiary/aromatic N) is 2. The third-order valence-electron chi connectivity index (χ3n) is 3.10. The van der Waals surface area contributed by atoms with Gasteiger partial charge in [0.15, 0.2) is 0 Å². The number of aryl methyl sites for hydroxylation is 1. The highest BCUT2D eigenvalue weighted by atomic mass is 14.9. The van der Waals surface area contributed by atoms with Crippen LogP contribution in [-0.2, 0) is 6.42 Å². The number of hydrogen-bond donors (Lipinski definition) is 1. The molecule has 3 heteroatoms. The van der Waals surface area contributed by atoms with E-state index in [1.807, 2.05) is 6.20 Å². The number of nitrogens with two attached hydrogens (primary N) is 1. The van der Waals surface area contributed by atoms with Gasteiger partial charge < -0.3 is 5.73 Å². The summed E-state index contributed by atoms with van der Waals surface area (Å²) in [6.45, 7) is 5.02. The summed E-state index contributed by atoms with van der Waals surface area (Å²) in [5.74, 6) is 1.96. The molecule has 0 amide bonds. The molecule has 1 aromatic heterocycles. The molecule has 15 heavy (non-hydrogen) atoms.